The van der Waals surface area contributed by atoms with Crippen molar-refractivity contribution in [2.75, 3.05) is 0 Å². The van der Waals surface area contributed by atoms with Gasteiger partial charge in [0.25, 0.3) is 0 Å². The standard InChI is InChI=1S/C18H6Br9Cl2P/c19-7-1-10(22)16(11(23)2-7)30(28,29,17-12(24)3-8(20)4-13(17)25)18-14(26)5-9(21)6-15(18)27/h1-6H. The Labute approximate surface area is 259 Å². The normalized spacial score (nSPS) is 13.2. The summed E-state index contributed by atoms with van der Waals surface area (Å²) in [5, 5.41) is -1.88. The van der Waals surface area contributed by atoms with Crippen LogP contribution in [0.2, 0.25) is 0 Å². The SMILES string of the molecule is ClP(Cl)(c1c(Br)cc(Br)cc1Br)(c1c(Br)cc(Br)cc1Br)c1c(Br)cc(Br)cc1Br. The summed E-state index contributed by atoms with van der Waals surface area (Å²) in [6.45, 7) is 0. The van der Waals surface area contributed by atoms with Gasteiger partial charge in [0.1, 0.15) is 0 Å². The molecule has 12 heteroatoms. The van der Waals surface area contributed by atoms with E-state index in [0.717, 1.165) is 56.2 Å². The van der Waals surface area contributed by atoms with Crippen LogP contribution in [0.25, 0.3) is 0 Å². The minimum absolute atomic E-state index is 0.750. The van der Waals surface area contributed by atoms with Gasteiger partial charge in [-0.2, -0.15) is 0 Å². The van der Waals surface area contributed by atoms with Crippen molar-refractivity contribution in [2.24, 2.45) is 0 Å². The van der Waals surface area contributed by atoms with E-state index >= 15 is 0 Å². The maximum atomic E-state index is 7.83. The molecule has 3 aromatic rings. The summed E-state index contributed by atoms with van der Waals surface area (Å²) < 4.78 is 7.30. The summed E-state index contributed by atoms with van der Waals surface area (Å²) >= 11 is 48.6. The first-order valence-electron chi connectivity index (χ1n) is 7.67. The zero-order valence-corrected chi connectivity index (χ0v) is 30.7. The average Bonchev–Trinajstić information content (AvgIpc) is 2.50. The molecule has 0 fully saturated rings. The molecule has 0 nitrogen and oxygen atoms in total. The van der Waals surface area contributed by atoms with Gasteiger partial charge in [0.05, 0.1) is 0 Å². The van der Waals surface area contributed by atoms with Gasteiger partial charge in [-0.05, 0) is 0 Å². The molecule has 0 saturated carbocycles. The molecular formula is C18H6Br9Cl2P. The molecule has 0 aromatic heterocycles. The molecule has 0 heterocycles. The van der Waals surface area contributed by atoms with Gasteiger partial charge in [-0.25, -0.2) is 0 Å². The molecule has 30 heavy (non-hydrogen) atoms. The Morgan fingerprint density at radius 1 is 0.400 bits per heavy atom. The van der Waals surface area contributed by atoms with Crippen LogP contribution < -0.4 is 15.9 Å². The van der Waals surface area contributed by atoms with Crippen molar-refractivity contribution >= 4 is 187 Å². The van der Waals surface area contributed by atoms with Gasteiger partial charge in [-0.3, -0.25) is 0 Å². The summed E-state index contributed by atoms with van der Waals surface area (Å²) in [5.41, 5.74) is 0. The predicted molar refractivity (Wildman–Crippen MR) is 166 cm³/mol. The average molecular weight is 1040 g/mol. The second-order valence-corrected chi connectivity index (χ2v) is 21.7. The molecule has 0 saturated heterocycles. The monoisotopic (exact) mass is 1030 g/mol. The van der Waals surface area contributed by atoms with Crippen LogP contribution in [0.4, 0.5) is 0 Å². The summed E-state index contributed by atoms with van der Waals surface area (Å²) in [6, 6.07) is 11.6. The molecule has 0 unspecified atom stereocenters. The van der Waals surface area contributed by atoms with Crippen LogP contribution in [0.15, 0.2) is 76.7 Å². The van der Waals surface area contributed by atoms with E-state index in [9.17, 15) is 0 Å². The first kappa shape index (κ1) is 27.6. The molecule has 0 bridgehead atoms. The second kappa shape index (κ2) is 10.2. The van der Waals surface area contributed by atoms with Crippen LogP contribution in [0.3, 0.4) is 0 Å². The zero-order valence-electron chi connectivity index (χ0n) is 14.1. The van der Waals surface area contributed by atoms with E-state index in [0.29, 0.717) is 0 Å². The number of benzene rings is 3. The third-order valence-corrected chi connectivity index (χ3v) is 17.9. The summed E-state index contributed by atoms with van der Waals surface area (Å²) in [5.74, 6) is 0. The van der Waals surface area contributed by atoms with Crippen molar-refractivity contribution < 1.29 is 0 Å². The molecule has 0 spiro atoms. The van der Waals surface area contributed by atoms with Crippen molar-refractivity contribution in [2.45, 2.75) is 0 Å². The van der Waals surface area contributed by atoms with Crippen molar-refractivity contribution in [1.29, 1.82) is 0 Å². The van der Waals surface area contributed by atoms with Crippen molar-refractivity contribution in [3.63, 3.8) is 0 Å². The molecule has 0 aliphatic heterocycles. The Hall–Kier alpha value is 2.99. The van der Waals surface area contributed by atoms with Crippen LogP contribution in [0.5, 0.6) is 0 Å². The second-order valence-electron chi connectivity index (χ2n) is 6.06. The summed E-state index contributed by atoms with van der Waals surface area (Å²) in [7, 11) is 0. The number of rotatable bonds is 3. The van der Waals surface area contributed by atoms with Gasteiger partial charge >= 0.3 is 264 Å². The zero-order chi connectivity index (χ0) is 22.6. The van der Waals surface area contributed by atoms with E-state index in [2.05, 4.69) is 143 Å². The van der Waals surface area contributed by atoms with E-state index in [1.807, 2.05) is 36.4 Å². The fraction of sp³-hybridized carbons (Fsp3) is 0. The molecule has 0 aliphatic carbocycles. The van der Waals surface area contributed by atoms with Gasteiger partial charge in [-0.15, -0.1) is 0 Å². The quantitative estimate of drug-likeness (QED) is 0.229. The summed E-state index contributed by atoms with van der Waals surface area (Å²) in [6.07, 6.45) is 0. The molecule has 160 valence electrons. The van der Waals surface area contributed by atoms with Crippen molar-refractivity contribution in [1.82, 2.24) is 0 Å². The van der Waals surface area contributed by atoms with Gasteiger partial charge < -0.3 is 0 Å². The van der Waals surface area contributed by atoms with Crippen molar-refractivity contribution in [3.05, 3.63) is 76.7 Å². The molecule has 0 N–H and O–H groups in total. The molecule has 0 radical (unpaired) electrons. The van der Waals surface area contributed by atoms with E-state index in [-0.39, 0.29) is 0 Å². The molecule has 3 rings (SSSR count). The Morgan fingerprint density at radius 3 is 0.733 bits per heavy atom. The van der Waals surface area contributed by atoms with Gasteiger partial charge in [-0.1, -0.05) is 0 Å². The van der Waals surface area contributed by atoms with E-state index in [4.69, 9.17) is 22.5 Å². The fourth-order valence-electron chi connectivity index (χ4n) is 3.06. The van der Waals surface area contributed by atoms with Gasteiger partial charge in [0, 0.05) is 0 Å². The minimum atomic E-state index is -4.13. The van der Waals surface area contributed by atoms with Gasteiger partial charge in [0.2, 0.25) is 0 Å². The van der Waals surface area contributed by atoms with Crippen LogP contribution in [0, 0.1) is 0 Å². The molecule has 0 amide bonds. The first-order valence-corrected chi connectivity index (χ1v) is 18.9. The topological polar surface area (TPSA) is 0 Å². The third kappa shape index (κ3) is 4.96. The number of hydrogen-bond acceptors (Lipinski definition) is 0. The molecule has 0 aliphatic rings. The van der Waals surface area contributed by atoms with E-state index in [1.54, 1.807) is 0 Å². The first-order chi connectivity index (χ1) is 13.8. The third-order valence-electron chi connectivity index (χ3n) is 4.12. The number of hydrogen-bond donors (Lipinski definition) is 0. The molecule has 0 atom stereocenters. The number of halogens is 11. The Bertz CT molecular complexity index is 981. The van der Waals surface area contributed by atoms with Gasteiger partial charge in [0.15, 0.2) is 0 Å². The van der Waals surface area contributed by atoms with Crippen LogP contribution in [-0.4, -0.2) is 0 Å². The van der Waals surface area contributed by atoms with Crippen LogP contribution in [-0.2, 0) is 0 Å². The Balaban J connectivity index is 2.66. The Morgan fingerprint density at radius 2 is 0.567 bits per heavy atom. The molecule has 3 aromatic carbocycles. The molecular weight excluding hydrogens is 1040 g/mol. The summed E-state index contributed by atoms with van der Waals surface area (Å²) in [4.78, 5) is 0. The predicted octanol–water partition coefficient (Wildman–Crippen LogP) is 11.7. The maximum absolute atomic E-state index is 7.83. The van der Waals surface area contributed by atoms with E-state index in [1.165, 1.54) is 0 Å². The van der Waals surface area contributed by atoms with Crippen LogP contribution >= 0.6 is 171 Å². The van der Waals surface area contributed by atoms with Crippen LogP contribution in [0.1, 0.15) is 0 Å². The van der Waals surface area contributed by atoms with E-state index < -0.39 is 5.31 Å². The Kier molecular flexibility index (Phi) is 9.34. The fourth-order valence-corrected chi connectivity index (χ4v) is 26.5. The van der Waals surface area contributed by atoms with Crippen molar-refractivity contribution in [3.8, 4) is 0 Å².